The van der Waals surface area contributed by atoms with Gasteiger partial charge in [-0.2, -0.15) is 0 Å². The van der Waals surface area contributed by atoms with Crippen molar-refractivity contribution in [3.63, 3.8) is 0 Å². The van der Waals surface area contributed by atoms with E-state index in [1.807, 2.05) is 0 Å². The molecule has 2 N–H and O–H groups in total. The first-order valence-electron chi connectivity index (χ1n) is 5.28. The van der Waals surface area contributed by atoms with Gasteiger partial charge in [-0.25, -0.2) is 0 Å². The van der Waals surface area contributed by atoms with Crippen LogP contribution < -0.4 is 5.32 Å². The van der Waals surface area contributed by atoms with Gasteiger partial charge < -0.3 is 10.4 Å². The fourth-order valence-electron chi connectivity index (χ4n) is 1.42. The Morgan fingerprint density at radius 3 is 2.29 bits per heavy atom. The number of hydrogen-bond acceptors (Lipinski definition) is 2. The standard InChI is InChI=1S/C12H23NO/c1-6-10(7-2)13-11(8-9-14)12(3,4)5/h1,10-11,13-14H,7-9H2,2-5H3. The molecule has 0 aliphatic heterocycles. The Hall–Kier alpha value is -0.520. The molecule has 0 heterocycles. The number of nitrogens with one attached hydrogen (secondary N) is 1. The summed E-state index contributed by atoms with van der Waals surface area (Å²) in [5, 5.41) is 12.4. The highest BCUT2D eigenvalue weighted by atomic mass is 16.3. The molecule has 0 aliphatic rings. The lowest BCUT2D eigenvalue weighted by atomic mass is 9.84. The van der Waals surface area contributed by atoms with Crippen molar-refractivity contribution < 1.29 is 5.11 Å². The van der Waals surface area contributed by atoms with Crippen LogP contribution in [-0.2, 0) is 0 Å². The number of rotatable bonds is 5. The van der Waals surface area contributed by atoms with E-state index in [2.05, 4.69) is 38.9 Å². The Kier molecular flexibility index (Phi) is 5.83. The van der Waals surface area contributed by atoms with Crippen LogP contribution in [0.5, 0.6) is 0 Å². The van der Waals surface area contributed by atoms with Gasteiger partial charge in [-0.05, 0) is 18.3 Å². The van der Waals surface area contributed by atoms with Crippen molar-refractivity contribution in [2.75, 3.05) is 6.61 Å². The molecular formula is C12H23NO. The van der Waals surface area contributed by atoms with Crippen LogP contribution >= 0.6 is 0 Å². The molecule has 0 aliphatic carbocycles. The highest BCUT2D eigenvalue weighted by molar-refractivity contribution is 5.00. The maximum Gasteiger partial charge on any atom is 0.0686 e. The highest BCUT2D eigenvalue weighted by Gasteiger charge is 2.25. The summed E-state index contributed by atoms with van der Waals surface area (Å²) in [5.41, 5.74) is 0.132. The maximum absolute atomic E-state index is 8.97. The average molecular weight is 197 g/mol. The van der Waals surface area contributed by atoms with Crippen LogP contribution in [0.4, 0.5) is 0 Å². The minimum Gasteiger partial charge on any atom is -0.396 e. The lowest BCUT2D eigenvalue weighted by molar-refractivity contribution is 0.191. The molecule has 0 rings (SSSR count). The van der Waals surface area contributed by atoms with Crippen LogP contribution in [0.1, 0.15) is 40.5 Å². The van der Waals surface area contributed by atoms with Crippen molar-refractivity contribution in [1.82, 2.24) is 5.32 Å². The van der Waals surface area contributed by atoms with Crippen molar-refractivity contribution in [2.45, 2.75) is 52.6 Å². The predicted molar refractivity (Wildman–Crippen MR) is 61.0 cm³/mol. The van der Waals surface area contributed by atoms with E-state index in [0.717, 1.165) is 12.8 Å². The molecule has 0 fully saturated rings. The van der Waals surface area contributed by atoms with Gasteiger partial charge >= 0.3 is 0 Å². The molecule has 0 aromatic heterocycles. The van der Waals surface area contributed by atoms with Crippen LogP contribution in [0.3, 0.4) is 0 Å². The van der Waals surface area contributed by atoms with E-state index in [9.17, 15) is 0 Å². The van der Waals surface area contributed by atoms with E-state index in [-0.39, 0.29) is 24.1 Å². The Labute approximate surface area is 88.1 Å². The van der Waals surface area contributed by atoms with E-state index in [4.69, 9.17) is 11.5 Å². The van der Waals surface area contributed by atoms with Crippen molar-refractivity contribution in [1.29, 1.82) is 0 Å². The lowest BCUT2D eigenvalue weighted by Gasteiger charge is -2.33. The van der Waals surface area contributed by atoms with Crippen molar-refractivity contribution >= 4 is 0 Å². The molecule has 2 unspecified atom stereocenters. The summed E-state index contributed by atoms with van der Waals surface area (Å²) in [4.78, 5) is 0. The van der Waals surface area contributed by atoms with E-state index >= 15 is 0 Å². The monoisotopic (exact) mass is 197 g/mol. The Bertz CT molecular complexity index is 187. The minimum atomic E-state index is 0.116. The second-order valence-corrected chi connectivity index (χ2v) is 4.73. The molecule has 0 radical (unpaired) electrons. The van der Waals surface area contributed by atoms with Gasteiger partial charge in [0.05, 0.1) is 6.04 Å². The minimum absolute atomic E-state index is 0.116. The summed E-state index contributed by atoms with van der Waals surface area (Å²) in [5.74, 6) is 2.72. The second kappa shape index (κ2) is 6.06. The third kappa shape index (κ3) is 4.64. The van der Waals surface area contributed by atoms with Crippen LogP contribution in [-0.4, -0.2) is 23.8 Å². The van der Waals surface area contributed by atoms with Crippen LogP contribution in [0.2, 0.25) is 0 Å². The summed E-state index contributed by atoms with van der Waals surface area (Å²) >= 11 is 0. The zero-order chi connectivity index (χ0) is 11.2. The predicted octanol–water partition coefficient (Wildman–Crippen LogP) is 1.78. The third-order valence-corrected chi connectivity index (χ3v) is 2.47. The van der Waals surface area contributed by atoms with Crippen molar-refractivity contribution in [3.05, 3.63) is 0 Å². The summed E-state index contributed by atoms with van der Waals surface area (Å²) in [6.45, 7) is 8.74. The summed E-state index contributed by atoms with van der Waals surface area (Å²) in [7, 11) is 0. The van der Waals surface area contributed by atoms with E-state index in [1.54, 1.807) is 0 Å². The number of terminal acetylenes is 1. The maximum atomic E-state index is 8.97. The van der Waals surface area contributed by atoms with E-state index in [1.165, 1.54) is 0 Å². The highest BCUT2D eigenvalue weighted by Crippen LogP contribution is 2.22. The zero-order valence-electron chi connectivity index (χ0n) is 9.80. The average Bonchev–Trinajstić information content (AvgIpc) is 2.10. The molecule has 2 heteroatoms. The number of aliphatic hydroxyl groups excluding tert-OH is 1. The summed E-state index contributed by atoms with van der Waals surface area (Å²) in [6, 6.07) is 0.388. The normalized spacial score (nSPS) is 16.0. The van der Waals surface area contributed by atoms with Gasteiger partial charge in [0, 0.05) is 12.6 Å². The van der Waals surface area contributed by atoms with Gasteiger partial charge in [-0.3, -0.25) is 0 Å². The topological polar surface area (TPSA) is 32.3 Å². The number of hydrogen-bond donors (Lipinski definition) is 2. The summed E-state index contributed by atoms with van der Waals surface area (Å²) < 4.78 is 0. The SMILES string of the molecule is C#CC(CC)NC(CCO)C(C)(C)C. The fourth-order valence-corrected chi connectivity index (χ4v) is 1.42. The van der Waals surface area contributed by atoms with Crippen LogP contribution in [0, 0.1) is 17.8 Å². The molecule has 0 aromatic rings. The Morgan fingerprint density at radius 1 is 1.43 bits per heavy atom. The zero-order valence-corrected chi connectivity index (χ0v) is 9.80. The van der Waals surface area contributed by atoms with Gasteiger partial charge in [-0.1, -0.05) is 33.6 Å². The third-order valence-electron chi connectivity index (χ3n) is 2.47. The smallest absolute Gasteiger partial charge is 0.0686 e. The first kappa shape index (κ1) is 13.5. The van der Waals surface area contributed by atoms with Crippen LogP contribution in [0.15, 0.2) is 0 Å². The van der Waals surface area contributed by atoms with Crippen LogP contribution in [0.25, 0.3) is 0 Å². The molecular weight excluding hydrogens is 174 g/mol. The summed E-state index contributed by atoms with van der Waals surface area (Å²) in [6.07, 6.45) is 7.07. The molecule has 0 bridgehead atoms. The molecule has 0 amide bonds. The van der Waals surface area contributed by atoms with Gasteiger partial charge in [0.1, 0.15) is 0 Å². The van der Waals surface area contributed by atoms with E-state index in [0.29, 0.717) is 0 Å². The lowest BCUT2D eigenvalue weighted by Crippen LogP contribution is -2.45. The van der Waals surface area contributed by atoms with Crippen molar-refractivity contribution in [2.24, 2.45) is 5.41 Å². The van der Waals surface area contributed by atoms with Gasteiger partial charge in [0.2, 0.25) is 0 Å². The van der Waals surface area contributed by atoms with Gasteiger partial charge in [-0.15, -0.1) is 6.42 Å². The van der Waals surface area contributed by atoms with Crippen molar-refractivity contribution in [3.8, 4) is 12.3 Å². The first-order chi connectivity index (χ1) is 6.45. The molecule has 0 spiro atoms. The first-order valence-corrected chi connectivity index (χ1v) is 5.28. The molecule has 0 aromatic carbocycles. The quantitative estimate of drug-likeness (QED) is 0.659. The van der Waals surface area contributed by atoms with E-state index < -0.39 is 0 Å². The molecule has 2 atom stereocenters. The van der Waals surface area contributed by atoms with Gasteiger partial charge in [0.15, 0.2) is 0 Å². The molecule has 0 saturated carbocycles. The molecule has 82 valence electrons. The fraction of sp³-hybridized carbons (Fsp3) is 0.833. The Morgan fingerprint density at radius 2 is 2.00 bits per heavy atom. The largest absolute Gasteiger partial charge is 0.396 e. The number of aliphatic hydroxyl groups is 1. The molecule has 14 heavy (non-hydrogen) atoms. The Balaban J connectivity index is 4.30. The molecule has 2 nitrogen and oxygen atoms in total. The van der Waals surface area contributed by atoms with Gasteiger partial charge in [0.25, 0.3) is 0 Å². The second-order valence-electron chi connectivity index (χ2n) is 4.73. The molecule has 0 saturated heterocycles.